The van der Waals surface area contributed by atoms with Crippen LogP contribution in [0.3, 0.4) is 0 Å². The quantitative estimate of drug-likeness (QED) is 0.916. The van der Waals surface area contributed by atoms with Crippen LogP contribution in [0.25, 0.3) is 0 Å². The van der Waals surface area contributed by atoms with Crippen LogP contribution in [0.1, 0.15) is 18.4 Å². The number of halogens is 1. The van der Waals surface area contributed by atoms with Gasteiger partial charge in [-0.05, 0) is 44.5 Å². The largest absolute Gasteiger partial charge is 0.316 e. The fourth-order valence-electron chi connectivity index (χ4n) is 2.39. The number of sulfonamides is 1. The third kappa shape index (κ3) is 2.96. The van der Waals surface area contributed by atoms with Gasteiger partial charge in [-0.3, -0.25) is 0 Å². The van der Waals surface area contributed by atoms with Crippen molar-refractivity contribution in [3.05, 3.63) is 29.6 Å². The highest BCUT2D eigenvalue weighted by Crippen LogP contribution is 2.24. The minimum atomic E-state index is -3.60. The van der Waals surface area contributed by atoms with Crippen LogP contribution >= 0.6 is 0 Å². The molecule has 6 heteroatoms. The Morgan fingerprint density at radius 3 is 2.84 bits per heavy atom. The number of hydrogen-bond donors (Lipinski definition) is 1. The van der Waals surface area contributed by atoms with Gasteiger partial charge in [0.1, 0.15) is 5.82 Å². The second kappa shape index (κ2) is 5.56. The average molecular weight is 286 g/mol. The summed E-state index contributed by atoms with van der Waals surface area (Å²) < 4.78 is 39.8. The molecule has 4 nitrogen and oxygen atoms in total. The maximum absolute atomic E-state index is 13.3. The molecule has 19 heavy (non-hydrogen) atoms. The maximum Gasteiger partial charge on any atom is 0.243 e. The molecule has 1 aliphatic heterocycles. The Kier molecular flexibility index (Phi) is 4.23. The molecule has 1 aromatic rings. The summed E-state index contributed by atoms with van der Waals surface area (Å²) in [6, 6.07) is 4.05. The first-order valence-corrected chi connectivity index (χ1v) is 7.82. The van der Waals surface area contributed by atoms with Gasteiger partial charge in [0, 0.05) is 19.1 Å². The van der Waals surface area contributed by atoms with Crippen LogP contribution in [0.2, 0.25) is 0 Å². The van der Waals surface area contributed by atoms with Crippen LogP contribution in [0.5, 0.6) is 0 Å². The number of likely N-dealkylation sites (N-methyl/N-ethyl adjacent to an activating group) is 1. The van der Waals surface area contributed by atoms with Crippen molar-refractivity contribution in [1.82, 2.24) is 9.62 Å². The van der Waals surface area contributed by atoms with E-state index in [1.807, 2.05) is 7.05 Å². The Morgan fingerprint density at radius 2 is 2.16 bits per heavy atom. The monoisotopic (exact) mass is 286 g/mol. The summed E-state index contributed by atoms with van der Waals surface area (Å²) in [5.74, 6) is -0.522. The molecule has 2 rings (SSSR count). The van der Waals surface area contributed by atoms with E-state index >= 15 is 0 Å². The first kappa shape index (κ1) is 14.4. The summed E-state index contributed by atoms with van der Waals surface area (Å²) in [7, 11) is -1.78. The van der Waals surface area contributed by atoms with E-state index in [2.05, 4.69) is 5.32 Å². The maximum atomic E-state index is 13.3. The van der Waals surface area contributed by atoms with E-state index in [1.165, 1.54) is 16.4 Å². The molecule has 0 aliphatic carbocycles. The number of aryl methyl sites for hydroxylation is 1. The number of nitrogens with one attached hydrogen (secondary N) is 1. The van der Waals surface area contributed by atoms with Gasteiger partial charge in [-0.2, -0.15) is 4.31 Å². The van der Waals surface area contributed by atoms with Gasteiger partial charge in [0.15, 0.2) is 0 Å². The molecule has 1 N–H and O–H groups in total. The standard InChI is InChI=1S/C13H19FN2O2S/c1-10-5-6-11(14)8-13(10)19(17,18)16-7-3-4-12(9-16)15-2/h5-6,8,12,15H,3-4,7,9H2,1-2H3. The lowest BCUT2D eigenvalue weighted by Crippen LogP contribution is -2.46. The van der Waals surface area contributed by atoms with Gasteiger partial charge >= 0.3 is 0 Å². The second-order valence-electron chi connectivity index (χ2n) is 4.90. The van der Waals surface area contributed by atoms with Crippen LogP contribution in [-0.4, -0.2) is 38.9 Å². The summed E-state index contributed by atoms with van der Waals surface area (Å²) >= 11 is 0. The Labute approximate surface area is 113 Å². The molecule has 0 spiro atoms. The third-order valence-electron chi connectivity index (χ3n) is 3.56. The zero-order valence-corrected chi connectivity index (χ0v) is 12.0. The smallest absolute Gasteiger partial charge is 0.243 e. The van der Waals surface area contributed by atoms with E-state index in [0.29, 0.717) is 18.7 Å². The molecular weight excluding hydrogens is 267 g/mol. The molecule has 1 aliphatic rings. The van der Waals surface area contributed by atoms with Gasteiger partial charge in [-0.1, -0.05) is 6.07 Å². The molecule has 0 bridgehead atoms. The molecule has 0 radical (unpaired) electrons. The van der Waals surface area contributed by atoms with Gasteiger partial charge in [0.25, 0.3) is 0 Å². The number of hydrogen-bond acceptors (Lipinski definition) is 3. The fourth-order valence-corrected chi connectivity index (χ4v) is 4.15. The highest BCUT2D eigenvalue weighted by atomic mass is 32.2. The van der Waals surface area contributed by atoms with Crippen LogP contribution in [0, 0.1) is 12.7 Å². The number of rotatable bonds is 3. The summed E-state index contributed by atoms with van der Waals surface area (Å²) in [4.78, 5) is 0.0734. The highest BCUT2D eigenvalue weighted by Gasteiger charge is 2.30. The van der Waals surface area contributed by atoms with Gasteiger partial charge < -0.3 is 5.32 Å². The van der Waals surface area contributed by atoms with Crippen LogP contribution in [0.15, 0.2) is 23.1 Å². The predicted octanol–water partition coefficient (Wildman–Crippen LogP) is 1.51. The zero-order valence-electron chi connectivity index (χ0n) is 11.2. The third-order valence-corrected chi connectivity index (χ3v) is 5.57. The molecule has 0 aromatic heterocycles. The van der Waals surface area contributed by atoms with Crippen molar-refractivity contribution in [1.29, 1.82) is 0 Å². The number of nitrogens with zero attached hydrogens (tertiary/aromatic N) is 1. The molecule has 106 valence electrons. The van der Waals surface area contributed by atoms with Crippen molar-refractivity contribution in [2.24, 2.45) is 0 Å². The van der Waals surface area contributed by atoms with E-state index < -0.39 is 15.8 Å². The lowest BCUT2D eigenvalue weighted by atomic mass is 10.1. The fraction of sp³-hybridized carbons (Fsp3) is 0.538. The van der Waals surface area contributed by atoms with E-state index in [1.54, 1.807) is 6.92 Å². The predicted molar refractivity (Wildman–Crippen MR) is 72.0 cm³/mol. The van der Waals surface area contributed by atoms with E-state index in [0.717, 1.165) is 18.9 Å². The van der Waals surface area contributed by atoms with Crippen LogP contribution < -0.4 is 5.32 Å². The lowest BCUT2D eigenvalue weighted by Gasteiger charge is -2.32. The Hall–Kier alpha value is -0.980. The van der Waals surface area contributed by atoms with Gasteiger partial charge in [-0.25, -0.2) is 12.8 Å². The van der Waals surface area contributed by atoms with Crippen molar-refractivity contribution in [2.45, 2.75) is 30.7 Å². The number of piperidine rings is 1. The van der Waals surface area contributed by atoms with E-state index in [-0.39, 0.29) is 10.9 Å². The molecule has 0 saturated carbocycles. The zero-order chi connectivity index (χ0) is 14.0. The first-order valence-electron chi connectivity index (χ1n) is 6.38. The van der Waals surface area contributed by atoms with Crippen molar-refractivity contribution in [2.75, 3.05) is 20.1 Å². The molecule has 1 atom stereocenters. The summed E-state index contributed by atoms with van der Waals surface area (Å²) in [5.41, 5.74) is 0.577. The summed E-state index contributed by atoms with van der Waals surface area (Å²) in [5, 5.41) is 3.10. The van der Waals surface area contributed by atoms with Gasteiger partial charge in [0.05, 0.1) is 4.90 Å². The second-order valence-corrected chi connectivity index (χ2v) is 6.81. The van der Waals surface area contributed by atoms with Crippen LogP contribution in [-0.2, 0) is 10.0 Å². The average Bonchev–Trinajstić information content (AvgIpc) is 2.41. The molecule has 0 amide bonds. The summed E-state index contributed by atoms with van der Waals surface area (Å²) in [6.07, 6.45) is 1.78. The minimum absolute atomic E-state index is 0.0734. The Bertz CT molecular complexity index is 560. The lowest BCUT2D eigenvalue weighted by molar-refractivity contribution is 0.292. The SMILES string of the molecule is CNC1CCCN(S(=O)(=O)c2cc(F)ccc2C)C1. The van der Waals surface area contributed by atoms with Crippen molar-refractivity contribution in [3.8, 4) is 0 Å². The van der Waals surface area contributed by atoms with Crippen LogP contribution in [0.4, 0.5) is 4.39 Å². The summed E-state index contributed by atoms with van der Waals surface area (Å²) in [6.45, 7) is 2.62. The van der Waals surface area contributed by atoms with E-state index in [4.69, 9.17) is 0 Å². The van der Waals surface area contributed by atoms with Gasteiger partial charge in [-0.15, -0.1) is 0 Å². The van der Waals surface area contributed by atoms with Crippen molar-refractivity contribution < 1.29 is 12.8 Å². The first-order chi connectivity index (χ1) is 8.95. The minimum Gasteiger partial charge on any atom is -0.316 e. The molecule has 1 aromatic carbocycles. The van der Waals surface area contributed by atoms with Crippen molar-refractivity contribution in [3.63, 3.8) is 0 Å². The molecule has 1 heterocycles. The topological polar surface area (TPSA) is 49.4 Å². The van der Waals surface area contributed by atoms with E-state index in [9.17, 15) is 12.8 Å². The number of benzene rings is 1. The molecule has 1 unspecified atom stereocenters. The highest BCUT2D eigenvalue weighted by molar-refractivity contribution is 7.89. The Balaban J connectivity index is 2.34. The van der Waals surface area contributed by atoms with Gasteiger partial charge in [0.2, 0.25) is 10.0 Å². The Morgan fingerprint density at radius 1 is 1.42 bits per heavy atom. The van der Waals surface area contributed by atoms with Crippen molar-refractivity contribution >= 4 is 10.0 Å². The molecule has 1 fully saturated rings. The normalized spacial score (nSPS) is 21.5. The molecular formula is C13H19FN2O2S. The molecule has 1 saturated heterocycles.